The van der Waals surface area contributed by atoms with E-state index in [2.05, 4.69) is 252 Å². The maximum atomic E-state index is 2.43. The fraction of sp³-hybridized carbons (Fsp3) is 0.0164. The number of thiophene rings is 2. The third-order valence-corrected chi connectivity index (χ3v) is 14.8. The van der Waals surface area contributed by atoms with Crippen molar-refractivity contribution in [2.24, 2.45) is 0 Å². The summed E-state index contributed by atoms with van der Waals surface area (Å²) in [6.45, 7) is 0. The molecule has 308 valence electrons. The number of benzene rings is 8. The molecule has 0 amide bonds. The molecule has 0 atom stereocenters. The van der Waals surface area contributed by atoms with Crippen LogP contribution in [0.1, 0.15) is 11.3 Å². The molecule has 12 rings (SSSR count). The highest BCUT2D eigenvalue weighted by Gasteiger charge is 2.18. The maximum Gasteiger partial charge on any atom is 0.0541 e. The Balaban J connectivity index is 0.948. The summed E-state index contributed by atoms with van der Waals surface area (Å²) in [6.07, 6.45) is 12.0. The minimum atomic E-state index is 0.975. The monoisotopic (exact) mass is 866 g/mol. The SMILES string of the molecule is C1=CCC=CC(c2ccc(-c3ccc(-n4c5ccc(-c6ccc(N(c7ccccc7)c7cccc8ccccc78)cc6)cc5c5cc(-c6ccc(-c7ccccc7)s6)ccc54)cc3)s2)=C1. The average Bonchev–Trinajstić information content (AvgIpc) is 4.09. The number of fused-ring (bicyclic) bond motifs is 4. The molecular weight excluding hydrogens is 825 g/mol. The van der Waals surface area contributed by atoms with Crippen molar-refractivity contribution in [2.45, 2.75) is 6.42 Å². The summed E-state index contributed by atoms with van der Waals surface area (Å²) in [6, 6.07) is 77.7. The maximum absolute atomic E-state index is 2.43. The zero-order valence-corrected chi connectivity index (χ0v) is 37.1. The Hall–Kier alpha value is -7.76. The van der Waals surface area contributed by atoms with Gasteiger partial charge in [0.25, 0.3) is 0 Å². The lowest BCUT2D eigenvalue weighted by Crippen LogP contribution is -2.10. The minimum absolute atomic E-state index is 0.975. The highest BCUT2D eigenvalue weighted by atomic mass is 32.1. The van der Waals surface area contributed by atoms with E-state index in [1.165, 1.54) is 85.5 Å². The number of hydrogen-bond acceptors (Lipinski definition) is 3. The van der Waals surface area contributed by atoms with Gasteiger partial charge in [0.2, 0.25) is 0 Å². The van der Waals surface area contributed by atoms with E-state index in [9.17, 15) is 0 Å². The molecule has 65 heavy (non-hydrogen) atoms. The second-order valence-corrected chi connectivity index (χ2v) is 18.6. The van der Waals surface area contributed by atoms with Crippen molar-refractivity contribution >= 4 is 77.9 Å². The first kappa shape index (κ1) is 38.9. The lowest BCUT2D eigenvalue weighted by atomic mass is 10.0. The van der Waals surface area contributed by atoms with E-state index < -0.39 is 0 Å². The highest BCUT2D eigenvalue weighted by molar-refractivity contribution is 7.18. The Morgan fingerprint density at radius 2 is 0.969 bits per heavy atom. The zero-order valence-electron chi connectivity index (χ0n) is 35.5. The molecule has 2 nitrogen and oxygen atoms in total. The number of nitrogens with zero attached hydrogens (tertiary/aromatic N) is 2. The van der Waals surface area contributed by atoms with Gasteiger partial charge >= 0.3 is 0 Å². The third kappa shape index (κ3) is 7.33. The second-order valence-electron chi connectivity index (χ2n) is 16.4. The van der Waals surface area contributed by atoms with E-state index in [1.807, 2.05) is 22.7 Å². The molecule has 1 aliphatic rings. The standard InChI is InChI=1S/C61H42N2S2/c1-2-6-16-44(15-5-1)58-36-37-60(64-58)46-26-32-51(33-27-46)63-56-34-28-47(40-53(56)54-41-48(29-35-57(54)63)61-39-38-59(65-61)45-17-7-3-8-18-45)42-24-30-50(31-25-42)62(49-20-9-4-10-21-49)55-23-13-19-43-14-11-12-22-52(43)55/h1,3-41H,2H2. The number of para-hydroxylation sites is 1. The van der Waals surface area contributed by atoms with Crippen molar-refractivity contribution in [3.8, 4) is 48.1 Å². The number of anilines is 3. The number of rotatable bonds is 9. The quantitative estimate of drug-likeness (QED) is 0.140. The summed E-state index contributed by atoms with van der Waals surface area (Å²) in [4.78, 5) is 7.46. The van der Waals surface area contributed by atoms with E-state index >= 15 is 0 Å². The summed E-state index contributed by atoms with van der Waals surface area (Å²) in [5.74, 6) is 0. The van der Waals surface area contributed by atoms with Crippen LogP contribution in [-0.4, -0.2) is 4.57 Å². The molecule has 4 heteroatoms. The Bertz CT molecular complexity index is 3600. The van der Waals surface area contributed by atoms with Crippen LogP contribution in [-0.2, 0) is 0 Å². The van der Waals surface area contributed by atoms with Crippen molar-refractivity contribution in [1.29, 1.82) is 0 Å². The number of aromatic nitrogens is 1. The molecule has 8 aromatic carbocycles. The van der Waals surface area contributed by atoms with Gasteiger partial charge < -0.3 is 9.47 Å². The molecule has 3 heterocycles. The van der Waals surface area contributed by atoms with Crippen LogP contribution in [0, 0.1) is 0 Å². The predicted molar refractivity (Wildman–Crippen MR) is 281 cm³/mol. The number of allylic oxidation sites excluding steroid dienone is 6. The largest absolute Gasteiger partial charge is 0.310 e. The molecule has 0 unspecified atom stereocenters. The van der Waals surface area contributed by atoms with Crippen LogP contribution >= 0.6 is 22.7 Å². The van der Waals surface area contributed by atoms with Gasteiger partial charge in [-0.1, -0.05) is 152 Å². The van der Waals surface area contributed by atoms with Gasteiger partial charge in [0.05, 0.1) is 16.7 Å². The lowest BCUT2D eigenvalue weighted by Gasteiger charge is -2.27. The fourth-order valence-corrected chi connectivity index (χ4v) is 11.3. The Kier molecular flexibility index (Phi) is 10.0. The fourth-order valence-electron chi connectivity index (χ4n) is 9.26. The lowest BCUT2D eigenvalue weighted by molar-refractivity contribution is 1.18. The summed E-state index contributed by atoms with van der Waals surface area (Å²) in [7, 11) is 0. The van der Waals surface area contributed by atoms with Crippen molar-refractivity contribution < 1.29 is 0 Å². The Morgan fingerprint density at radius 1 is 0.400 bits per heavy atom. The first-order valence-corrected chi connectivity index (χ1v) is 23.8. The zero-order chi connectivity index (χ0) is 43.1. The average molecular weight is 867 g/mol. The van der Waals surface area contributed by atoms with Crippen molar-refractivity contribution in [3.05, 3.63) is 248 Å². The summed E-state index contributed by atoms with van der Waals surface area (Å²) < 4.78 is 2.43. The van der Waals surface area contributed by atoms with E-state index in [1.54, 1.807) is 0 Å². The molecule has 0 spiro atoms. The van der Waals surface area contributed by atoms with Gasteiger partial charge in [-0.2, -0.15) is 0 Å². The molecule has 0 saturated carbocycles. The van der Waals surface area contributed by atoms with E-state index in [0.717, 1.165) is 29.2 Å². The van der Waals surface area contributed by atoms with Gasteiger partial charge in [-0.05, 0) is 136 Å². The predicted octanol–water partition coefficient (Wildman–Crippen LogP) is 18.1. The summed E-state index contributed by atoms with van der Waals surface area (Å²) >= 11 is 3.70. The molecule has 0 N–H and O–H groups in total. The first-order chi connectivity index (χ1) is 32.2. The molecule has 0 saturated heterocycles. The minimum Gasteiger partial charge on any atom is -0.310 e. The van der Waals surface area contributed by atoms with Gasteiger partial charge in [-0.3, -0.25) is 0 Å². The molecule has 3 aromatic heterocycles. The van der Waals surface area contributed by atoms with Crippen LogP contribution in [0.5, 0.6) is 0 Å². The van der Waals surface area contributed by atoms with Crippen molar-refractivity contribution in [1.82, 2.24) is 4.57 Å². The van der Waals surface area contributed by atoms with E-state index in [4.69, 9.17) is 0 Å². The van der Waals surface area contributed by atoms with Crippen molar-refractivity contribution in [2.75, 3.05) is 4.90 Å². The molecular formula is C61H42N2S2. The summed E-state index contributed by atoms with van der Waals surface area (Å²) in [5.41, 5.74) is 14.2. The van der Waals surface area contributed by atoms with Gasteiger partial charge in [-0.25, -0.2) is 0 Å². The van der Waals surface area contributed by atoms with Crippen LogP contribution in [0.15, 0.2) is 243 Å². The van der Waals surface area contributed by atoms with Gasteiger partial charge in [0, 0.05) is 52.7 Å². The second kappa shape index (κ2) is 16.7. The van der Waals surface area contributed by atoms with Gasteiger partial charge in [-0.15, -0.1) is 22.7 Å². The van der Waals surface area contributed by atoms with E-state index in [0.29, 0.717) is 0 Å². The third-order valence-electron chi connectivity index (χ3n) is 12.5. The smallest absolute Gasteiger partial charge is 0.0541 e. The van der Waals surface area contributed by atoms with Crippen LogP contribution in [0.4, 0.5) is 17.1 Å². The normalized spacial score (nSPS) is 12.5. The molecule has 1 aliphatic carbocycles. The van der Waals surface area contributed by atoms with Crippen LogP contribution in [0.2, 0.25) is 0 Å². The first-order valence-electron chi connectivity index (χ1n) is 22.1. The van der Waals surface area contributed by atoms with Crippen LogP contribution < -0.4 is 4.90 Å². The Labute approximate surface area is 387 Å². The Morgan fingerprint density at radius 3 is 1.74 bits per heavy atom. The van der Waals surface area contributed by atoms with E-state index in [-0.39, 0.29) is 0 Å². The topological polar surface area (TPSA) is 8.17 Å². The van der Waals surface area contributed by atoms with Crippen LogP contribution in [0.25, 0.3) is 86.3 Å². The number of hydrogen-bond donors (Lipinski definition) is 0. The van der Waals surface area contributed by atoms with Crippen molar-refractivity contribution in [3.63, 3.8) is 0 Å². The molecule has 0 fully saturated rings. The summed E-state index contributed by atoms with van der Waals surface area (Å²) in [5, 5.41) is 4.91. The molecule has 0 radical (unpaired) electrons. The molecule has 0 bridgehead atoms. The van der Waals surface area contributed by atoms with Crippen LogP contribution in [0.3, 0.4) is 0 Å². The molecule has 11 aromatic rings. The van der Waals surface area contributed by atoms with Gasteiger partial charge in [0.1, 0.15) is 0 Å². The molecule has 0 aliphatic heterocycles. The van der Waals surface area contributed by atoms with Gasteiger partial charge in [0.15, 0.2) is 0 Å². The highest BCUT2D eigenvalue weighted by Crippen LogP contribution is 2.43.